The Hall–Kier alpha value is -1.55. The van der Waals surface area contributed by atoms with Crippen molar-refractivity contribution >= 4 is 16.5 Å². The van der Waals surface area contributed by atoms with Crippen molar-refractivity contribution in [3.05, 3.63) is 40.9 Å². The van der Waals surface area contributed by atoms with E-state index in [2.05, 4.69) is 4.98 Å². The number of thiazole rings is 1. The molecule has 0 atom stereocenters. The summed E-state index contributed by atoms with van der Waals surface area (Å²) >= 11 is 1.47. The Morgan fingerprint density at radius 1 is 1.43 bits per heavy atom. The summed E-state index contributed by atoms with van der Waals surface area (Å²) in [5.74, 6) is 0.292. The molecule has 0 aliphatic rings. The van der Waals surface area contributed by atoms with E-state index in [0.717, 1.165) is 16.9 Å². The molecule has 0 bridgehead atoms. The summed E-state index contributed by atoms with van der Waals surface area (Å²) in [6, 6.07) is 7.20. The van der Waals surface area contributed by atoms with Crippen molar-refractivity contribution in [1.82, 2.24) is 4.98 Å². The van der Waals surface area contributed by atoms with Crippen LogP contribution in [0.1, 0.15) is 10.4 Å². The summed E-state index contributed by atoms with van der Waals surface area (Å²) in [5.41, 5.74) is 6.58. The first-order valence-corrected chi connectivity index (χ1v) is 5.04. The van der Waals surface area contributed by atoms with Gasteiger partial charge in [0.25, 0.3) is 0 Å². The lowest BCUT2D eigenvalue weighted by atomic mass is 10.1. The number of nitrogen functional groups attached to an aromatic ring is 1. The Balaban J connectivity index is 2.18. The van der Waals surface area contributed by atoms with Gasteiger partial charge in [-0.1, -0.05) is 12.1 Å². The number of nitrogens with zero attached hydrogens (tertiary/aromatic N) is 1. The predicted molar refractivity (Wildman–Crippen MR) is 57.4 cm³/mol. The summed E-state index contributed by atoms with van der Waals surface area (Å²) < 4.78 is 0. The highest BCUT2D eigenvalue weighted by atomic mass is 32.1. The molecule has 3 N–H and O–H groups in total. The summed E-state index contributed by atoms with van der Waals surface area (Å²) in [7, 11) is 0. The Morgan fingerprint density at radius 2 is 2.29 bits per heavy atom. The third kappa shape index (κ3) is 2.03. The van der Waals surface area contributed by atoms with E-state index in [4.69, 9.17) is 5.73 Å². The van der Waals surface area contributed by atoms with E-state index in [1.807, 2.05) is 12.1 Å². The van der Waals surface area contributed by atoms with E-state index in [-0.39, 0.29) is 0 Å². The summed E-state index contributed by atoms with van der Waals surface area (Å²) in [6.45, 7) is 0. The molecule has 2 aromatic rings. The maximum atomic E-state index is 9.26. The van der Waals surface area contributed by atoms with Gasteiger partial charge in [-0.3, -0.25) is 0 Å². The zero-order valence-electron chi connectivity index (χ0n) is 7.47. The van der Waals surface area contributed by atoms with Crippen LogP contribution in [-0.4, -0.2) is 10.1 Å². The van der Waals surface area contributed by atoms with Gasteiger partial charge >= 0.3 is 0 Å². The number of hydrogen-bond acceptors (Lipinski definition) is 4. The molecule has 0 unspecified atom stereocenters. The van der Waals surface area contributed by atoms with Crippen LogP contribution >= 0.6 is 11.3 Å². The second-order valence-electron chi connectivity index (χ2n) is 3.01. The first-order valence-electron chi connectivity index (χ1n) is 4.22. The first-order chi connectivity index (χ1) is 6.74. The Morgan fingerprint density at radius 3 is 2.93 bits per heavy atom. The van der Waals surface area contributed by atoms with E-state index in [9.17, 15) is 5.11 Å². The van der Waals surface area contributed by atoms with Crippen LogP contribution in [0.4, 0.5) is 5.13 Å². The fraction of sp³-hybridized carbons (Fsp3) is 0.100. The van der Waals surface area contributed by atoms with Crippen molar-refractivity contribution in [2.75, 3.05) is 5.73 Å². The summed E-state index contributed by atoms with van der Waals surface area (Å²) in [6.07, 6.45) is 2.54. The van der Waals surface area contributed by atoms with Crippen LogP contribution < -0.4 is 5.73 Å². The minimum Gasteiger partial charge on any atom is -0.508 e. The molecule has 0 saturated heterocycles. The van der Waals surface area contributed by atoms with Gasteiger partial charge in [0.1, 0.15) is 5.75 Å². The molecular formula is C10H10N2OS. The van der Waals surface area contributed by atoms with Crippen LogP contribution in [0.15, 0.2) is 30.5 Å². The second-order valence-corrected chi connectivity index (χ2v) is 4.16. The van der Waals surface area contributed by atoms with Gasteiger partial charge in [0.05, 0.1) is 0 Å². The van der Waals surface area contributed by atoms with Gasteiger partial charge in [0.2, 0.25) is 0 Å². The summed E-state index contributed by atoms with van der Waals surface area (Å²) in [4.78, 5) is 5.07. The number of benzene rings is 1. The van der Waals surface area contributed by atoms with Gasteiger partial charge in [0.15, 0.2) is 5.13 Å². The number of phenolic OH excluding ortho intramolecular Hbond substituents is 1. The molecule has 0 fully saturated rings. The van der Waals surface area contributed by atoms with E-state index < -0.39 is 0 Å². The van der Waals surface area contributed by atoms with Crippen molar-refractivity contribution in [3.63, 3.8) is 0 Å². The number of aromatic hydroxyl groups is 1. The Kier molecular flexibility index (Phi) is 2.37. The highest BCUT2D eigenvalue weighted by Crippen LogP contribution is 2.20. The van der Waals surface area contributed by atoms with E-state index >= 15 is 0 Å². The van der Waals surface area contributed by atoms with Crippen molar-refractivity contribution in [1.29, 1.82) is 0 Å². The molecule has 72 valence electrons. The van der Waals surface area contributed by atoms with E-state index in [0.29, 0.717) is 10.9 Å². The smallest absolute Gasteiger partial charge is 0.180 e. The summed E-state index contributed by atoms with van der Waals surface area (Å²) in [5, 5.41) is 9.84. The number of anilines is 1. The fourth-order valence-electron chi connectivity index (χ4n) is 1.27. The van der Waals surface area contributed by atoms with Crippen molar-refractivity contribution in [2.24, 2.45) is 0 Å². The van der Waals surface area contributed by atoms with Crippen molar-refractivity contribution in [2.45, 2.75) is 6.42 Å². The van der Waals surface area contributed by atoms with Gasteiger partial charge in [0, 0.05) is 17.5 Å². The molecule has 1 aromatic heterocycles. The molecule has 0 spiro atoms. The second kappa shape index (κ2) is 3.67. The highest BCUT2D eigenvalue weighted by Gasteiger charge is 2.00. The average Bonchev–Trinajstić information content (AvgIpc) is 2.51. The zero-order chi connectivity index (χ0) is 9.97. The first kappa shape index (κ1) is 9.02. The van der Waals surface area contributed by atoms with Gasteiger partial charge in [-0.2, -0.15) is 0 Å². The molecule has 0 radical (unpaired) electrons. The number of nitrogens with two attached hydrogens (primary N) is 1. The lowest BCUT2D eigenvalue weighted by Gasteiger charge is -1.98. The normalized spacial score (nSPS) is 10.3. The number of hydrogen-bond donors (Lipinski definition) is 2. The van der Waals surface area contributed by atoms with Gasteiger partial charge in [-0.15, -0.1) is 11.3 Å². The van der Waals surface area contributed by atoms with Gasteiger partial charge < -0.3 is 10.8 Å². The topological polar surface area (TPSA) is 59.1 Å². The van der Waals surface area contributed by atoms with Crippen LogP contribution in [0.3, 0.4) is 0 Å². The number of rotatable bonds is 2. The molecule has 0 aliphatic heterocycles. The number of aromatic nitrogens is 1. The SMILES string of the molecule is Nc1ncc(Cc2cccc(O)c2)s1. The van der Waals surface area contributed by atoms with Crippen molar-refractivity contribution < 1.29 is 5.11 Å². The van der Waals surface area contributed by atoms with Crippen LogP contribution in [0.25, 0.3) is 0 Å². The predicted octanol–water partition coefficient (Wildman–Crippen LogP) is 2.02. The maximum absolute atomic E-state index is 9.26. The number of phenols is 1. The van der Waals surface area contributed by atoms with Crippen LogP contribution in [0, 0.1) is 0 Å². The molecule has 4 heteroatoms. The Labute approximate surface area is 85.8 Å². The van der Waals surface area contributed by atoms with Gasteiger partial charge in [-0.25, -0.2) is 4.98 Å². The third-order valence-corrected chi connectivity index (χ3v) is 2.69. The molecule has 1 heterocycles. The molecule has 3 nitrogen and oxygen atoms in total. The average molecular weight is 206 g/mol. The van der Waals surface area contributed by atoms with E-state index in [1.165, 1.54) is 11.3 Å². The van der Waals surface area contributed by atoms with E-state index in [1.54, 1.807) is 18.3 Å². The largest absolute Gasteiger partial charge is 0.508 e. The quantitative estimate of drug-likeness (QED) is 0.790. The standard InChI is InChI=1S/C10H10N2OS/c11-10-12-6-9(14-10)5-7-2-1-3-8(13)4-7/h1-4,6,13H,5H2,(H2,11,12). The van der Waals surface area contributed by atoms with Crippen LogP contribution in [0.2, 0.25) is 0 Å². The monoisotopic (exact) mass is 206 g/mol. The van der Waals surface area contributed by atoms with Crippen LogP contribution in [0.5, 0.6) is 5.75 Å². The third-order valence-electron chi connectivity index (χ3n) is 1.86. The lowest BCUT2D eigenvalue weighted by molar-refractivity contribution is 0.474. The lowest BCUT2D eigenvalue weighted by Crippen LogP contribution is -1.83. The zero-order valence-corrected chi connectivity index (χ0v) is 8.29. The van der Waals surface area contributed by atoms with Crippen LogP contribution in [-0.2, 0) is 6.42 Å². The molecular weight excluding hydrogens is 196 g/mol. The Bertz CT molecular complexity index is 439. The maximum Gasteiger partial charge on any atom is 0.180 e. The molecule has 2 rings (SSSR count). The highest BCUT2D eigenvalue weighted by molar-refractivity contribution is 7.15. The molecule has 14 heavy (non-hydrogen) atoms. The minimum atomic E-state index is 0.292. The molecule has 0 amide bonds. The molecule has 0 saturated carbocycles. The minimum absolute atomic E-state index is 0.292. The molecule has 1 aromatic carbocycles. The van der Waals surface area contributed by atoms with Gasteiger partial charge in [-0.05, 0) is 17.7 Å². The molecule has 0 aliphatic carbocycles. The van der Waals surface area contributed by atoms with Crippen molar-refractivity contribution in [3.8, 4) is 5.75 Å². The fourth-order valence-corrected chi connectivity index (χ4v) is 1.99.